The normalized spacial score (nSPS) is 20.1. The molecule has 0 radical (unpaired) electrons. The number of methoxy groups -OCH3 is 1. The van der Waals surface area contributed by atoms with E-state index >= 15 is 0 Å². The maximum absolute atomic E-state index is 12.8. The zero-order chi connectivity index (χ0) is 20.7. The summed E-state index contributed by atoms with van der Waals surface area (Å²) in [5.74, 6) is 0.137. The van der Waals surface area contributed by atoms with E-state index in [0.29, 0.717) is 37.7 Å². The van der Waals surface area contributed by atoms with Crippen LogP contribution in [0.1, 0.15) is 6.42 Å². The van der Waals surface area contributed by atoms with E-state index in [9.17, 15) is 4.79 Å². The van der Waals surface area contributed by atoms with E-state index in [1.165, 1.54) is 4.90 Å². The lowest BCUT2D eigenvalue weighted by Crippen LogP contribution is -2.52. The van der Waals surface area contributed by atoms with Crippen molar-refractivity contribution < 1.29 is 14.3 Å². The summed E-state index contributed by atoms with van der Waals surface area (Å²) >= 11 is 0. The number of nitrogens with zero attached hydrogens (tertiary/aromatic N) is 5. The van der Waals surface area contributed by atoms with Gasteiger partial charge in [0.15, 0.2) is 6.19 Å². The molecule has 2 aliphatic rings. The quantitative estimate of drug-likeness (QED) is 0.663. The first-order chi connectivity index (χ1) is 14.6. The van der Waals surface area contributed by atoms with Crippen LogP contribution >= 0.6 is 0 Å². The van der Waals surface area contributed by atoms with Crippen LogP contribution in [0.2, 0.25) is 0 Å². The van der Waals surface area contributed by atoms with E-state index in [4.69, 9.17) is 14.7 Å². The van der Waals surface area contributed by atoms with Gasteiger partial charge < -0.3 is 19.7 Å². The topological polar surface area (TPSA) is 105 Å². The van der Waals surface area contributed by atoms with Crippen LogP contribution in [0.4, 0.5) is 5.69 Å². The summed E-state index contributed by atoms with van der Waals surface area (Å²) in [5, 5.41) is 17.5. The summed E-state index contributed by atoms with van der Waals surface area (Å²) in [6.45, 7) is 1.97. The molecular formula is C21H20N6O3. The second kappa shape index (κ2) is 7.00. The van der Waals surface area contributed by atoms with Crippen molar-refractivity contribution in [2.75, 3.05) is 32.1 Å². The Hall–Kier alpha value is -3.64. The van der Waals surface area contributed by atoms with Gasteiger partial charge in [0.25, 0.3) is 5.91 Å². The van der Waals surface area contributed by atoms with Crippen molar-refractivity contribution in [3.63, 3.8) is 0 Å². The van der Waals surface area contributed by atoms with Crippen LogP contribution in [0.25, 0.3) is 22.0 Å². The minimum atomic E-state index is -1.06. The number of fused-ring (bicyclic) bond motifs is 2. The summed E-state index contributed by atoms with van der Waals surface area (Å²) in [6.07, 6.45) is 6.10. The van der Waals surface area contributed by atoms with Gasteiger partial charge in [-0.15, -0.1) is 0 Å². The van der Waals surface area contributed by atoms with Crippen LogP contribution < -0.4 is 10.1 Å². The maximum Gasteiger partial charge on any atom is 0.270 e. The Kier molecular flexibility index (Phi) is 4.29. The molecule has 1 unspecified atom stereocenters. The van der Waals surface area contributed by atoms with Gasteiger partial charge in [-0.25, -0.2) is 4.98 Å². The summed E-state index contributed by atoms with van der Waals surface area (Å²) in [4.78, 5) is 18.8. The lowest BCUT2D eigenvalue weighted by atomic mass is 9.99. The molecule has 1 amide bonds. The van der Waals surface area contributed by atoms with Crippen molar-refractivity contribution in [1.82, 2.24) is 19.7 Å². The maximum atomic E-state index is 12.8. The Labute approximate surface area is 172 Å². The van der Waals surface area contributed by atoms with Crippen molar-refractivity contribution in [2.24, 2.45) is 0 Å². The Morgan fingerprint density at radius 3 is 3.10 bits per heavy atom. The number of pyridine rings is 1. The van der Waals surface area contributed by atoms with Crippen molar-refractivity contribution >= 4 is 22.5 Å². The van der Waals surface area contributed by atoms with E-state index in [-0.39, 0.29) is 12.5 Å². The molecule has 1 aromatic carbocycles. The molecule has 1 N–H and O–H groups in total. The second-order valence-electron chi connectivity index (χ2n) is 7.50. The minimum absolute atomic E-state index is 0.234. The number of carbonyl (C=O) groups excluding carboxylic acids is 1. The highest BCUT2D eigenvalue weighted by atomic mass is 16.5. The Bertz CT molecular complexity index is 1180. The second-order valence-corrected chi connectivity index (χ2v) is 7.50. The average molecular weight is 404 g/mol. The zero-order valence-electron chi connectivity index (χ0n) is 16.5. The molecule has 1 spiro atoms. The third kappa shape index (κ3) is 2.84. The van der Waals surface area contributed by atoms with Crippen molar-refractivity contribution in [2.45, 2.75) is 18.6 Å². The van der Waals surface area contributed by atoms with Gasteiger partial charge in [-0.2, -0.15) is 10.4 Å². The van der Waals surface area contributed by atoms with Crippen molar-refractivity contribution in [1.29, 1.82) is 5.26 Å². The molecule has 152 valence electrons. The SMILES string of the molecule is COCCn1ncc2c(-c3cnc4c(c3)NC(=O)C3(CCN(C#N)C3)O4)cccc21. The Balaban J connectivity index is 1.49. The molecule has 2 aliphatic heterocycles. The lowest BCUT2D eigenvalue weighted by molar-refractivity contribution is -0.131. The van der Waals surface area contributed by atoms with E-state index in [0.717, 1.165) is 22.0 Å². The molecule has 1 fully saturated rings. The lowest BCUT2D eigenvalue weighted by Gasteiger charge is -2.33. The van der Waals surface area contributed by atoms with Gasteiger partial charge in [-0.3, -0.25) is 9.48 Å². The number of likely N-dealkylation sites (tertiary alicyclic amines) is 1. The number of hydrogen-bond donors (Lipinski definition) is 1. The molecule has 0 aliphatic carbocycles. The van der Waals surface area contributed by atoms with Crippen LogP contribution in [0.3, 0.4) is 0 Å². The number of nitrogens with one attached hydrogen (secondary N) is 1. The molecule has 1 atom stereocenters. The first-order valence-corrected chi connectivity index (χ1v) is 9.72. The fraction of sp³-hybridized carbons (Fsp3) is 0.333. The van der Waals surface area contributed by atoms with Gasteiger partial charge in [0.05, 0.1) is 31.4 Å². The number of aromatic nitrogens is 3. The first-order valence-electron chi connectivity index (χ1n) is 9.72. The van der Waals surface area contributed by atoms with E-state index in [1.807, 2.05) is 35.1 Å². The number of hydrogen-bond acceptors (Lipinski definition) is 7. The largest absolute Gasteiger partial charge is 0.457 e. The van der Waals surface area contributed by atoms with Crippen molar-refractivity contribution in [3.05, 3.63) is 36.7 Å². The number of nitriles is 1. The van der Waals surface area contributed by atoms with Gasteiger partial charge in [-0.05, 0) is 17.7 Å². The molecule has 9 heteroatoms. The molecular weight excluding hydrogens is 384 g/mol. The molecule has 2 aromatic heterocycles. The van der Waals surface area contributed by atoms with Gasteiger partial charge >= 0.3 is 0 Å². The smallest absolute Gasteiger partial charge is 0.270 e. The van der Waals surface area contributed by atoms with Crippen LogP contribution in [0.15, 0.2) is 36.7 Å². The van der Waals surface area contributed by atoms with E-state index < -0.39 is 5.60 Å². The molecule has 0 bridgehead atoms. The fourth-order valence-corrected chi connectivity index (χ4v) is 4.09. The highest BCUT2D eigenvalue weighted by Gasteiger charge is 2.50. The number of anilines is 1. The molecule has 5 rings (SSSR count). The zero-order valence-corrected chi connectivity index (χ0v) is 16.5. The summed E-state index contributed by atoms with van der Waals surface area (Å²) in [6, 6.07) is 7.86. The molecule has 3 aromatic rings. The highest BCUT2D eigenvalue weighted by molar-refractivity contribution is 6.02. The predicted octanol–water partition coefficient (Wildman–Crippen LogP) is 2.00. The minimum Gasteiger partial charge on any atom is -0.457 e. The Morgan fingerprint density at radius 1 is 1.40 bits per heavy atom. The standard InChI is InChI=1S/C21H20N6O3/c1-29-8-7-27-18-4-2-3-15(16(18)11-24-27)14-9-17-19(23-10-14)30-21(20(28)25-17)5-6-26(12-21)13-22/h2-4,9-11H,5-8,12H2,1H3,(H,25,28). The number of amides is 1. The monoisotopic (exact) mass is 404 g/mol. The fourth-order valence-electron chi connectivity index (χ4n) is 4.09. The van der Waals surface area contributed by atoms with Crippen LogP contribution in [0, 0.1) is 11.5 Å². The number of benzene rings is 1. The molecule has 9 nitrogen and oxygen atoms in total. The van der Waals surface area contributed by atoms with Gasteiger partial charge in [0.2, 0.25) is 11.5 Å². The summed E-state index contributed by atoms with van der Waals surface area (Å²) in [5.41, 5.74) is 2.30. The van der Waals surface area contributed by atoms with Crippen molar-refractivity contribution in [3.8, 4) is 23.2 Å². The molecule has 0 saturated carbocycles. The first kappa shape index (κ1) is 18.4. The Morgan fingerprint density at radius 2 is 2.30 bits per heavy atom. The molecule has 1 saturated heterocycles. The number of rotatable bonds is 4. The van der Waals surface area contributed by atoms with Crippen LogP contribution in [0.5, 0.6) is 5.88 Å². The highest BCUT2D eigenvalue weighted by Crippen LogP contribution is 2.39. The third-order valence-corrected chi connectivity index (χ3v) is 5.68. The summed E-state index contributed by atoms with van der Waals surface area (Å²) < 4.78 is 13.1. The van der Waals surface area contributed by atoms with Gasteiger partial charge in [0.1, 0.15) is 5.69 Å². The van der Waals surface area contributed by atoms with Gasteiger partial charge in [0, 0.05) is 37.2 Å². The van der Waals surface area contributed by atoms with E-state index in [2.05, 4.69) is 21.6 Å². The predicted molar refractivity (Wildman–Crippen MR) is 109 cm³/mol. The summed E-state index contributed by atoms with van der Waals surface area (Å²) in [7, 11) is 1.67. The van der Waals surface area contributed by atoms with E-state index in [1.54, 1.807) is 13.3 Å². The van der Waals surface area contributed by atoms with Crippen LogP contribution in [-0.4, -0.2) is 58.0 Å². The number of carbonyl (C=O) groups is 1. The third-order valence-electron chi connectivity index (χ3n) is 5.68. The average Bonchev–Trinajstić information content (AvgIpc) is 3.37. The molecule has 30 heavy (non-hydrogen) atoms. The van der Waals surface area contributed by atoms with Crippen LogP contribution in [-0.2, 0) is 16.1 Å². The number of ether oxygens (including phenoxy) is 2. The van der Waals surface area contributed by atoms with Gasteiger partial charge in [-0.1, -0.05) is 12.1 Å². The molecule has 4 heterocycles.